The summed E-state index contributed by atoms with van der Waals surface area (Å²) in [4.78, 5) is 35.8. The molecule has 1 unspecified atom stereocenters. The SMILES string of the molecule is CC(C)(C)OC(=O)NCC(=O)NC1(C)COc2cc(C[C@H](NS(=O)(=O)c3ccccc3)C(=O)O)ccc2O1. The molecule has 4 N–H and O–H groups in total. The Labute approximate surface area is 220 Å². The highest BCUT2D eigenvalue weighted by molar-refractivity contribution is 7.89. The number of rotatable bonds is 9. The van der Waals surface area contributed by atoms with Gasteiger partial charge in [-0.15, -0.1) is 0 Å². The summed E-state index contributed by atoms with van der Waals surface area (Å²) in [6.07, 6.45) is -0.884. The van der Waals surface area contributed by atoms with Gasteiger partial charge >= 0.3 is 12.1 Å². The molecule has 2 atom stereocenters. The van der Waals surface area contributed by atoms with Gasteiger partial charge in [0, 0.05) is 0 Å². The minimum Gasteiger partial charge on any atom is -0.483 e. The highest BCUT2D eigenvalue weighted by Gasteiger charge is 2.35. The molecule has 2 aromatic rings. The molecule has 38 heavy (non-hydrogen) atoms. The smallest absolute Gasteiger partial charge is 0.408 e. The second kappa shape index (κ2) is 11.3. The Morgan fingerprint density at radius 2 is 1.79 bits per heavy atom. The first-order valence-electron chi connectivity index (χ1n) is 11.7. The number of carboxylic acid groups (broad SMARTS) is 1. The fourth-order valence-electron chi connectivity index (χ4n) is 3.50. The van der Waals surface area contributed by atoms with E-state index in [2.05, 4.69) is 15.4 Å². The van der Waals surface area contributed by atoms with Crippen LogP contribution in [0.25, 0.3) is 0 Å². The number of alkyl carbamates (subject to hydrolysis) is 1. The number of carbonyl (C=O) groups is 3. The lowest BCUT2D eigenvalue weighted by Gasteiger charge is -2.36. The van der Waals surface area contributed by atoms with Gasteiger partial charge in [0.15, 0.2) is 11.5 Å². The standard InChI is InChI=1S/C25H31N3O9S/c1-24(2,3)37-23(32)26-14-21(29)27-25(4)15-35-20-13-16(10-11-19(20)36-25)12-18(22(30)31)28-38(33,34)17-8-6-5-7-9-17/h5-11,13,18,28H,12,14-15H2,1-4H3,(H,26,32)(H,27,29)(H,30,31)/t18-,25?/m0/s1. The maximum Gasteiger partial charge on any atom is 0.408 e. The average molecular weight is 550 g/mol. The summed E-state index contributed by atoms with van der Waals surface area (Å²) in [7, 11) is -4.05. The molecule has 0 spiro atoms. The molecule has 1 aliphatic rings. The van der Waals surface area contributed by atoms with Crippen molar-refractivity contribution < 1.29 is 42.1 Å². The molecule has 0 saturated heterocycles. The first kappa shape index (κ1) is 28.7. The molecule has 13 heteroatoms. The summed E-state index contributed by atoms with van der Waals surface area (Å²) in [5.74, 6) is -1.28. The van der Waals surface area contributed by atoms with E-state index in [0.29, 0.717) is 17.1 Å². The molecule has 0 bridgehead atoms. The minimum absolute atomic E-state index is 0.0453. The van der Waals surface area contributed by atoms with Crippen molar-refractivity contribution in [1.82, 2.24) is 15.4 Å². The number of ether oxygens (including phenoxy) is 3. The van der Waals surface area contributed by atoms with Crippen LogP contribution in [0, 0.1) is 0 Å². The van der Waals surface area contributed by atoms with Crippen LogP contribution in [0.1, 0.15) is 33.3 Å². The van der Waals surface area contributed by atoms with Gasteiger partial charge in [0.1, 0.15) is 24.8 Å². The van der Waals surface area contributed by atoms with E-state index in [9.17, 15) is 27.9 Å². The van der Waals surface area contributed by atoms with Gasteiger partial charge in [0.05, 0.1) is 4.90 Å². The monoisotopic (exact) mass is 549 g/mol. The maximum absolute atomic E-state index is 12.6. The van der Waals surface area contributed by atoms with E-state index in [4.69, 9.17) is 14.2 Å². The molecule has 1 aliphatic heterocycles. The number of carboxylic acids is 1. The third-order valence-electron chi connectivity index (χ3n) is 5.13. The summed E-state index contributed by atoms with van der Waals surface area (Å²) < 4.78 is 44.1. The Hall–Kier alpha value is -3.84. The van der Waals surface area contributed by atoms with E-state index in [1.165, 1.54) is 18.2 Å². The number of fused-ring (bicyclic) bond motifs is 1. The first-order chi connectivity index (χ1) is 17.7. The summed E-state index contributed by atoms with van der Waals surface area (Å²) in [6, 6.07) is 10.7. The van der Waals surface area contributed by atoms with Crippen molar-refractivity contribution in [2.24, 2.45) is 0 Å². The maximum atomic E-state index is 12.6. The van der Waals surface area contributed by atoms with Crippen molar-refractivity contribution in [3.8, 4) is 11.5 Å². The lowest BCUT2D eigenvalue weighted by Crippen LogP contribution is -2.58. The fraction of sp³-hybridized carbons (Fsp3) is 0.400. The van der Waals surface area contributed by atoms with Crippen LogP contribution >= 0.6 is 0 Å². The zero-order valence-electron chi connectivity index (χ0n) is 21.4. The Balaban J connectivity index is 1.62. The van der Waals surface area contributed by atoms with Crippen LogP contribution in [0.15, 0.2) is 53.4 Å². The molecule has 0 fully saturated rings. The Kier molecular flexibility index (Phi) is 8.52. The molecule has 12 nitrogen and oxygen atoms in total. The number of nitrogens with one attached hydrogen (secondary N) is 3. The van der Waals surface area contributed by atoms with Gasteiger partial charge in [0.2, 0.25) is 21.7 Å². The molecular formula is C25H31N3O9S. The van der Waals surface area contributed by atoms with Gasteiger partial charge in [-0.3, -0.25) is 9.59 Å². The lowest BCUT2D eigenvalue weighted by atomic mass is 10.1. The number of aliphatic carboxylic acids is 1. The van der Waals surface area contributed by atoms with Crippen LogP contribution in [-0.4, -0.2) is 62.0 Å². The van der Waals surface area contributed by atoms with Crippen LogP contribution in [-0.2, 0) is 30.8 Å². The Bertz CT molecular complexity index is 1290. The van der Waals surface area contributed by atoms with Gasteiger partial charge < -0.3 is 30.0 Å². The zero-order valence-corrected chi connectivity index (χ0v) is 22.3. The summed E-state index contributed by atoms with van der Waals surface area (Å²) >= 11 is 0. The summed E-state index contributed by atoms with van der Waals surface area (Å²) in [5, 5.41) is 14.6. The van der Waals surface area contributed by atoms with Crippen molar-refractivity contribution in [2.45, 2.75) is 56.4 Å². The van der Waals surface area contributed by atoms with Crippen LogP contribution in [0.3, 0.4) is 0 Å². The van der Waals surface area contributed by atoms with E-state index in [-0.39, 0.29) is 24.5 Å². The number of benzene rings is 2. The second-order valence-corrected chi connectivity index (χ2v) is 11.5. The third kappa shape index (κ3) is 8.08. The van der Waals surface area contributed by atoms with Crippen molar-refractivity contribution in [1.29, 1.82) is 0 Å². The zero-order chi connectivity index (χ0) is 28.1. The van der Waals surface area contributed by atoms with Gasteiger partial charge in [-0.2, -0.15) is 4.72 Å². The van der Waals surface area contributed by atoms with Crippen LogP contribution in [0.2, 0.25) is 0 Å². The van der Waals surface area contributed by atoms with E-state index in [1.54, 1.807) is 58.0 Å². The summed E-state index contributed by atoms with van der Waals surface area (Å²) in [6.45, 7) is 6.28. The molecule has 0 radical (unpaired) electrons. The molecule has 3 rings (SSSR count). The van der Waals surface area contributed by atoms with E-state index < -0.39 is 45.4 Å². The fourth-order valence-corrected chi connectivity index (χ4v) is 4.71. The molecule has 1 heterocycles. The summed E-state index contributed by atoms with van der Waals surface area (Å²) in [5.41, 5.74) is -1.45. The number of sulfonamides is 1. The Morgan fingerprint density at radius 3 is 2.42 bits per heavy atom. The molecular weight excluding hydrogens is 518 g/mol. The molecule has 0 aromatic heterocycles. The number of hydrogen-bond acceptors (Lipinski definition) is 8. The van der Waals surface area contributed by atoms with E-state index in [0.717, 1.165) is 0 Å². The highest BCUT2D eigenvalue weighted by atomic mass is 32.2. The average Bonchev–Trinajstić information content (AvgIpc) is 2.81. The number of carbonyl (C=O) groups excluding carboxylic acids is 2. The highest BCUT2D eigenvalue weighted by Crippen LogP contribution is 2.35. The van der Waals surface area contributed by atoms with Gasteiger partial charge in [-0.05, 0) is 63.9 Å². The molecule has 206 valence electrons. The Morgan fingerprint density at radius 1 is 1.11 bits per heavy atom. The molecule has 0 aliphatic carbocycles. The predicted octanol–water partition coefficient (Wildman–Crippen LogP) is 1.79. The van der Waals surface area contributed by atoms with Crippen LogP contribution < -0.4 is 24.8 Å². The minimum atomic E-state index is -4.05. The third-order valence-corrected chi connectivity index (χ3v) is 6.62. The van der Waals surface area contributed by atoms with Gasteiger partial charge in [-0.25, -0.2) is 13.2 Å². The predicted molar refractivity (Wildman–Crippen MR) is 135 cm³/mol. The number of amides is 2. The van der Waals surface area contributed by atoms with Gasteiger partial charge in [-0.1, -0.05) is 24.3 Å². The van der Waals surface area contributed by atoms with Gasteiger partial charge in [0.25, 0.3) is 0 Å². The van der Waals surface area contributed by atoms with E-state index >= 15 is 0 Å². The molecule has 2 aromatic carbocycles. The van der Waals surface area contributed by atoms with Crippen molar-refractivity contribution in [3.63, 3.8) is 0 Å². The van der Waals surface area contributed by atoms with Crippen LogP contribution in [0.5, 0.6) is 11.5 Å². The molecule has 0 saturated carbocycles. The second-order valence-electron chi connectivity index (χ2n) is 9.84. The lowest BCUT2D eigenvalue weighted by molar-refractivity contribution is -0.139. The van der Waals surface area contributed by atoms with Crippen molar-refractivity contribution >= 4 is 28.0 Å². The number of hydrogen-bond donors (Lipinski definition) is 4. The van der Waals surface area contributed by atoms with Crippen molar-refractivity contribution in [3.05, 3.63) is 54.1 Å². The van der Waals surface area contributed by atoms with Crippen LogP contribution in [0.4, 0.5) is 4.79 Å². The topological polar surface area (TPSA) is 169 Å². The quantitative estimate of drug-likeness (QED) is 0.364. The van der Waals surface area contributed by atoms with E-state index in [1.807, 2.05) is 0 Å². The first-order valence-corrected chi connectivity index (χ1v) is 13.2. The van der Waals surface area contributed by atoms with Crippen molar-refractivity contribution in [2.75, 3.05) is 13.2 Å². The largest absolute Gasteiger partial charge is 0.483 e. The normalized spacial score (nSPS) is 17.7. The molecule has 2 amide bonds.